The van der Waals surface area contributed by atoms with Crippen molar-refractivity contribution in [2.45, 2.75) is 89.6 Å². The number of anilines is 1. The number of rotatable bonds is 1. The monoisotopic (exact) mass is 375 g/mol. The van der Waals surface area contributed by atoms with E-state index in [9.17, 15) is 0 Å². The molecule has 2 saturated heterocycles. The fraction of sp³-hybridized carbons (Fsp3) is 0.714. The Labute approximate surface area is 162 Å². The van der Waals surface area contributed by atoms with Gasteiger partial charge < -0.3 is 19.4 Å². The normalized spacial score (nSPS) is 33.2. The minimum absolute atomic E-state index is 0.0304. The second-order valence-corrected chi connectivity index (χ2v) is 10.1. The molecule has 3 aliphatic rings. The molecule has 3 heterocycles. The Morgan fingerprint density at radius 2 is 1.67 bits per heavy atom. The smallest absolute Gasteiger partial charge is 0.399 e. The molecule has 0 saturated carbocycles. The van der Waals surface area contributed by atoms with E-state index in [2.05, 4.69) is 26.1 Å². The lowest BCUT2D eigenvalue weighted by atomic mass is 9.62. The van der Waals surface area contributed by atoms with Gasteiger partial charge in [-0.3, -0.25) is 0 Å². The number of halogens is 1. The predicted molar refractivity (Wildman–Crippen MR) is 106 cm³/mol. The summed E-state index contributed by atoms with van der Waals surface area (Å²) in [6.07, 6.45) is 2.05. The Kier molecular flexibility index (Phi) is 4.06. The van der Waals surface area contributed by atoms with E-state index in [1.807, 2.05) is 33.8 Å². The predicted octanol–water partition coefficient (Wildman–Crippen LogP) is 3.77. The summed E-state index contributed by atoms with van der Waals surface area (Å²) < 4.78 is 33.5. The van der Waals surface area contributed by atoms with Crippen LogP contribution in [0.4, 0.5) is 10.1 Å². The SMILES string of the molecule is CC1(C)Nc2cc(F)c(B3OC(C)(C)C(C)(C)O3)cc2C2(C)CCCOC12. The van der Waals surface area contributed by atoms with E-state index in [0.29, 0.717) is 5.46 Å². The van der Waals surface area contributed by atoms with Crippen LogP contribution in [0, 0.1) is 5.82 Å². The molecular formula is C21H31BFNO3. The van der Waals surface area contributed by atoms with E-state index < -0.39 is 18.3 Å². The summed E-state index contributed by atoms with van der Waals surface area (Å²) in [4.78, 5) is 0. The summed E-state index contributed by atoms with van der Waals surface area (Å²) in [5.41, 5.74) is 0.981. The first kappa shape index (κ1) is 19.2. The number of benzene rings is 1. The Hall–Kier alpha value is -1.11. The summed E-state index contributed by atoms with van der Waals surface area (Å²) in [6, 6.07) is 3.55. The third-order valence-corrected chi connectivity index (χ3v) is 7.08. The lowest BCUT2D eigenvalue weighted by Gasteiger charge is -2.54. The van der Waals surface area contributed by atoms with E-state index in [1.54, 1.807) is 6.07 Å². The molecule has 1 N–H and O–H groups in total. The Morgan fingerprint density at radius 1 is 1.04 bits per heavy atom. The first-order valence-electron chi connectivity index (χ1n) is 9.97. The lowest BCUT2D eigenvalue weighted by Crippen LogP contribution is -2.61. The topological polar surface area (TPSA) is 39.7 Å². The van der Waals surface area contributed by atoms with Gasteiger partial charge in [0.15, 0.2) is 0 Å². The Bertz CT molecular complexity index is 763. The molecule has 0 aliphatic carbocycles. The molecule has 6 heteroatoms. The van der Waals surface area contributed by atoms with Gasteiger partial charge in [0.1, 0.15) is 5.82 Å². The van der Waals surface area contributed by atoms with E-state index in [-0.39, 0.29) is 22.9 Å². The van der Waals surface area contributed by atoms with E-state index >= 15 is 4.39 Å². The van der Waals surface area contributed by atoms with Crippen LogP contribution >= 0.6 is 0 Å². The quantitative estimate of drug-likeness (QED) is 0.759. The van der Waals surface area contributed by atoms with Gasteiger partial charge in [-0.1, -0.05) is 13.0 Å². The molecule has 3 aliphatic heterocycles. The zero-order valence-electron chi connectivity index (χ0n) is 17.5. The van der Waals surface area contributed by atoms with Crippen LogP contribution in [0.5, 0.6) is 0 Å². The highest BCUT2D eigenvalue weighted by molar-refractivity contribution is 6.62. The molecular weight excluding hydrogens is 344 g/mol. The van der Waals surface area contributed by atoms with Gasteiger partial charge in [-0.2, -0.15) is 0 Å². The van der Waals surface area contributed by atoms with Crippen LogP contribution in [0.1, 0.15) is 66.9 Å². The largest absolute Gasteiger partial charge is 0.497 e. The van der Waals surface area contributed by atoms with E-state index in [1.165, 1.54) is 0 Å². The average Bonchev–Trinajstić information content (AvgIpc) is 2.74. The highest BCUT2D eigenvalue weighted by atomic mass is 19.1. The van der Waals surface area contributed by atoms with E-state index in [0.717, 1.165) is 30.7 Å². The second-order valence-electron chi connectivity index (χ2n) is 10.1. The molecule has 0 bridgehead atoms. The molecule has 1 aromatic rings. The van der Waals surface area contributed by atoms with Crippen molar-refractivity contribution in [2.75, 3.05) is 11.9 Å². The first-order chi connectivity index (χ1) is 12.4. The molecule has 0 aromatic heterocycles. The molecule has 4 nitrogen and oxygen atoms in total. The Balaban J connectivity index is 1.80. The molecule has 1 aromatic carbocycles. The minimum atomic E-state index is -0.707. The number of nitrogens with one attached hydrogen (secondary N) is 1. The van der Waals surface area contributed by atoms with Crippen LogP contribution in [-0.2, 0) is 19.5 Å². The van der Waals surface area contributed by atoms with Crippen LogP contribution in [0.3, 0.4) is 0 Å². The fourth-order valence-corrected chi connectivity index (χ4v) is 4.97. The van der Waals surface area contributed by atoms with Gasteiger partial charge in [-0.15, -0.1) is 0 Å². The van der Waals surface area contributed by atoms with Crippen molar-refractivity contribution in [3.05, 3.63) is 23.5 Å². The molecule has 148 valence electrons. The van der Waals surface area contributed by atoms with Gasteiger partial charge in [0.25, 0.3) is 0 Å². The highest BCUT2D eigenvalue weighted by Gasteiger charge is 2.55. The zero-order chi connectivity index (χ0) is 19.8. The molecule has 0 spiro atoms. The van der Waals surface area contributed by atoms with Crippen molar-refractivity contribution >= 4 is 18.3 Å². The molecule has 2 atom stereocenters. The number of ether oxygens (including phenoxy) is 1. The molecule has 0 radical (unpaired) electrons. The maximum Gasteiger partial charge on any atom is 0.497 e. The number of hydrogen-bond acceptors (Lipinski definition) is 4. The van der Waals surface area contributed by atoms with Crippen molar-refractivity contribution in [1.29, 1.82) is 0 Å². The van der Waals surface area contributed by atoms with Crippen LogP contribution < -0.4 is 10.8 Å². The van der Waals surface area contributed by atoms with Crippen LogP contribution in [0.15, 0.2) is 12.1 Å². The summed E-state index contributed by atoms with van der Waals surface area (Å²) in [6.45, 7) is 15.2. The fourth-order valence-electron chi connectivity index (χ4n) is 4.97. The van der Waals surface area contributed by atoms with Crippen LogP contribution in [-0.4, -0.2) is 36.6 Å². The standard InChI is InChI=1S/C21H31BFNO3/c1-18(2)17-21(7,9-8-10-25-17)13-11-14(15(23)12-16(13)24-18)22-26-19(3,4)20(5,6)27-22/h11-12,17,24H,8-10H2,1-7H3. The molecule has 2 fully saturated rings. The average molecular weight is 375 g/mol. The maximum absolute atomic E-state index is 15.1. The van der Waals surface area contributed by atoms with Crippen molar-refractivity contribution < 1.29 is 18.4 Å². The molecule has 0 amide bonds. The highest BCUT2D eigenvalue weighted by Crippen LogP contribution is 2.49. The van der Waals surface area contributed by atoms with Crippen molar-refractivity contribution in [3.8, 4) is 0 Å². The van der Waals surface area contributed by atoms with Crippen molar-refractivity contribution in [2.24, 2.45) is 0 Å². The maximum atomic E-state index is 15.1. The van der Waals surface area contributed by atoms with Crippen LogP contribution in [0.25, 0.3) is 0 Å². The molecule has 4 rings (SSSR count). The molecule has 2 unspecified atom stereocenters. The number of fused-ring (bicyclic) bond motifs is 3. The van der Waals surface area contributed by atoms with E-state index in [4.69, 9.17) is 14.0 Å². The van der Waals surface area contributed by atoms with Crippen molar-refractivity contribution in [3.63, 3.8) is 0 Å². The summed E-state index contributed by atoms with van der Waals surface area (Å²) in [5.74, 6) is -0.297. The Morgan fingerprint density at radius 3 is 2.30 bits per heavy atom. The zero-order valence-corrected chi connectivity index (χ0v) is 17.5. The van der Waals surface area contributed by atoms with Gasteiger partial charge in [0.05, 0.1) is 22.8 Å². The first-order valence-corrected chi connectivity index (χ1v) is 9.97. The summed E-state index contributed by atoms with van der Waals surface area (Å²) in [7, 11) is -0.707. The van der Waals surface area contributed by atoms with Gasteiger partial charge in [-0.05, 0) is 66.0 Å². The van der Waals surface area contributed by atoms with Gasteiger partial charge in [-0.25, -0.2) is 4.39 Å². The third kappa shape index (κ3) is 2.75. The van der Waals surface area contributed by atoms with Crippen LogP contribution in [0.2, 0.25) is 0 Å². The van der Waals surface area contributed by atoms with Crippen molar-refractivity contribution in [1.82, 2.24) is 0 Å². The third-order valence-electron chi connectivity index (χ3n) is 7.08. The van der Waals surface area contributed by atoms with Gasteiger partial charge >= 0.3 is 7.12 Å². The summed E-state index contributed by atoms with van der Waals surface area (Å²) >= 11 is 0. The second kappa shape index (κ2) is 5.71. The van der Waals surface area contributed by atoms with Gasteiger partial charge in [0, 0.05) is 23.2 Å². The lowest BCUT2D eigenvalue weighted by molar-refractivity contribution is -0.0720. The van der Waals surface area contributed by atoms with Gasteiger partial charge in [0.2, 0.25) is 0 Å². The molecule has 27 heavy (non-hydrogen) atoms. The summed E-state index contributed by atoms with van der Waals surface area (Å²) in [5, 5.41) is 3.51. The number of hydrogen-bond donors (Lipinski definition) is 1. The minimum Gasteiger partial charge on any atom is -0.399 e.